The normalized spacial score (nSPS) is 14.7. The van der Waals surface area contributed by atoms with Crippen LogP contribution in [0.5, 0.6) is 11.5 Å². The molecule has 28 heavy (non-hydrogen) atoms. The summed E-state index contributed by atoms with van der Waals surface area (Å²) in [6.07, 6.45) is 1.68. The number of nitrogens with one attached hydrogen (secondary N) is 2. The third kappa shape index (κ3) is 5.12. The molecule has 1 fully saturated rings. The van der Waals surface area contributed by atoms with Crippen LogP contribution in [-0.4, -0.2) is 29.9 Å². The van der Waals surface area contributed by atoms with E-state index < -0.39 is 0 Å². The quantitative estimate of drug-likeness (QED) is 0.483. The molecular formula is C19H15BrN2O4S2. The topological polar surface area (TPSA) is 76.7 Å². The number of benzene rings is 2. The minimum absolute atomic E-state index is 0.201. The predicted molar refractivity (Wildman–Crippen MR) is 118 cm³/mol. The highest BCUT2D eigenvalue weighted by atomic mass is 79.9. The zero-order valence-corrected chi connectivity index (χ0v) is 17.9. The van der Waals surface area contributed by atoms with Crippen LogP contribution in [0.3, 0.4) is 0 Å². The molecule has 2 N–H and O–H groups in total. The number of thioether (sulfide) groups is 1. The Morgan fingerprint density at radius 2 is 2.07 bits per heavy atom. The molecule has 2 aromatic rings. The van der Waals surface area contributed by atoms with E-state index in [0.717, 1.165) is 4.47 Å². The largest absolute Gasteiger partial charge is 0.495 e. The molecule has 0 spiro atoms. The summed E-state index contributed by atoms with van der Waals surface area (Å²) < 4.78 is 12.1. The molecule has 9 heteroatoms. The molecule has 144 valence electrons. The van der Waals surface area contributed by atoms with E-state index in [4.69, 9.17) is 21.7 Å². The first-order valence-electron chi connectivity index (χ1n) is 8.06. The number of hydrogen-bond acceptors (Lipinski definition) is 6. The van der Waals surface area contributed by atoms with Gasteiger partial charge in [-0.05, 0) is 36.4 Å². The fourth-order valence-electron chi connectivity index (χ4n) is 2.40. The molecule has 0 aliphatic carbocycles. The number of rotatable bonds is 6. The summed E-state index contributed by atoms with van der Waals surface area (Å²) in [6, 6.07) is 12.4. The van der Waals surface area contributed by atoms with Crippen LogP contribution in [0.25, 0.3) is 6.08 Å². The Hall–Kier alpha value is -2.36. The van der Waals surface area contributed by atoms with E-state index in [9.17, 15) is 9.59 Å². The first-order valence-corrected chi connectivity index (χ1v) is 10.1. The molecule has 6 nitrogen and oxygen atoms in total. The molecule has 0 aromatic heterocycles. The zero-order chi connectivity index (χ0) is 20.1. The second-order valence-electron chi connectivity index (χ2n) is 5.57. The highest BCUT2D eigenvalue weighted by Gasteiger charge is 2.22. The van der Waals surface area contributed by atoms with Gasteiger partial charge in [0.2, 0.25) is 0 Å². The molecule has 1 aliphatic rings. The first-order chi connectivity index (χ1) is 13.5. The van der Waals surface area contributed by atoms with E-state index in [0.29, 0.717) is 32.0 Å². The van der Waals surface area contributed by atoms with Gasteiger partial charge >= 0.3 is 0 Å². The van der Waals surface area contributed by atoms with Gasteiger partial charge in [0.15, 0.2) is 6.61 Å². The van der Waals surface area contributed by atoms with Gasteiger partial charge in [-0.25, -0.2) is 0 Å². The van der Waals surface area contributed by atoms with E-state index in [1.165, 1.54) is 18.9 Å². The Kier molecular flexibility index (Phi) is 6.71. The molecule has 1 heterocycles. The van der Waals surface area contributed by atoms with Crippen LogP contribution < -0.4 is 20.1 Å². The van der Waals surface area contributed by atoms with Crippen molar-refractivity contribution in [3.05, 3.63) is 57.4 Å². The van der Waals surface area contributed by atoms with Crippen molar-refractivity contribution in [2.75, 3.05) is 19.0 Å². The Bertz CT molecular complexity index is 978. The van der Waals surface area contributed by atoms with Gasteiger partial charge in [-0.2, -0.15) is 0 Å². The van der Waals surface area contributed by atoms with Crippen LogP contribution in [-0.2, 0) is 9.59 Å². The summed E-state index contributed by atoms with van der Waals surface area (Å²) in [5, 5.41) is 5.32. The number of carbonyl (C=O) groups excluding carboxylic acids is 2. The average Bonchev–Trinajstić information content (AvgIpc) is 2.98. The average molecular weight is 479 g/mol. The van der Waals surface area contributed by atoms with Crippen molar-refractivity contribution in [1.82, 2.24) is 5.32 Å². The lowest BCUT2D eigenvalue weighted by Crippen LogP contribution is -2.20. The summed E-state index contributed by atoms with van der Waals surface area (Å²) in [5.74, 6) is 0.442. The summed E-state index contributed by atoms with van der Waals surface area (Å²) in [4.78, 5) is 24.6. The second-order valence-corrected chi connectivity index (χ2v) is 8.21. The molecule has 1 saturated heterocycles. The molecule has 2 aromatic carbocycles. The van der Waals surface area contributed by atoms with Crippen LogP contribution >= 0.6 is 39.9 Å². The van der Waals surface area contributed by atoms with Crippen LogP contribution in [0.15, 0.2) is 51.8 Å². The third-order valence-corrected chi connectivity index (χ3v) is 5.30. The number of methoxy groups -OCH3 is 1. The predicted octanol–water partition coefficient (Wildman–Crippen LogP) is 3.96. The SMILES string of the molecule is COc1ccccc1NC(=O)COc1ccc(Br)cc1/C=C1\SC(=S)NC1=O. The molecular weight excluding hydrogens is 464 g/mol. The fraction of sp³-hybridized carbons (Fsp3) is 0.105. The van der Waals surface area contributed by atoms with Gasteiger partial charge in [0, 0.05) is 10.0 Å². The Morgan fingerprint density at radius 1 is 1.29 bits per heavy atom. The van der Waals surface area contributed by atoms with Crippen molar-refractivity contribution >= 4 is 67.8 Å². The van der Waals surface area contributed by atoms with Crippen molar-refractivity contribution in [3.63, 3.8) is 0 Å². The number of carbonyl (C=O) groups is 2. The fourth-order valence-corrected chi connectivity index (χ4v) is 3.82. The number of para-hydroxylation sites is 2. The van der Waals surface area contributed by atoms with Crippen LogP contribution in [0.4, 0.5) is 5.69 Å². The van der Waals surface area contributed by atoms with E-state index in [1.807, 2.05) is 6.07 Å². The number of anilines is 1. The Morgan fingerprint density at radius 3 is 2.79 bits per heavy atom. The highest BCUT2D eigenvalue weighted by Crippen LogP contribution is 2.31. The van der Waals surface area contributed by atoms with Crippen LogP contribution in [0.2, 0.25) is 0 Å². The molecule has 2 amide bonds. The van der Waals surface area contributed by atoms with Crippen molar-refractivity contribution in [2.45, 2.75) is 0 Å². The third-order valence-electron chi connectivity index (χ3n) is 3.64. The monoisotopic (exact) mass is 478 g/mol. The maximum atomic E-state index is 12.3. The van der Waals surface area contributed by atoms with E-state index in [1.54, 1.807) is 42.5 Å². The summed E-state index contributed by atoms with van der Waals surface area (Å²) in [6.45, 7) is -0.201. The molecule has 3 rings (SSSR count). The van der Waals surface area contributed by atoms with Gasteiger partial charge in [0.05, 0.1) is 17.7 Å². The van der Waals surface area contributed by atoms with Crippen molar-refractivity contribution in [2.24, 2.45) is 0 Å². The maximum Gasteiger partial charge on any atom is 0.263 e. The lowest BCUT2D eigenvalue weighted by atomic mass is 10.2. The number of halogens is 1. The zero-order valence-electron chi connectivity index (χ0n) is 14.7. The smallest absolute Gasteiger partial charge is 0.263 e. The Balaban J connectivity index is 1.72. The maximum absolute atomic E-state index is 12.3. The Labute approximate surface area is 179 Å². The highest BCUT2D eigenvalue weighted by molar-refractivity contribution is 9.10. The lowest BCUT2D eigenvalue weighted by Gasteiger charge is -2.12. The van der Waals surface area contributed by atoms with Gasteiger partial charge < -0.3 is 20.1 Å². The summed E-state index contributed by atoms with van der Waals surface area (Å²) in [5.41, 5.74) is 1.21. The molecule has 0 unspecified atom stereocenters. The summed E-state index contributed by atoms with van der Waals surface area (Å²) in [7, 11) is 1.53. The van der Waals surface area contributed by atoms with E-state index >= 15 is 0 Å². The molecule has 0 saturated carbocycles. The lowest BCUT2D eigenvalue weighted by molar-refractivity contribution is -0.118. The minimum atomic E-state index is -0.333. The number of ether oxygens (including phenoxy) is 2. The molecule has 1 aliphatic heterocycles. The standard InChI is InChI=1S/C19H15BrN2O4S2/c1-25-15-5-3-2-4-13(15)21-17(23)10-26-14-7-6-12(20)8-11(14)9-16-18(24)22-19(27)28-16/h2-9H,10H2,1H3,(H,21,23)(H,22,24,27)/b16-9-. The molecule has 0 bridgehead atoms. The van der Waals surface area contributed by atoms with E-state index in [-0.39, 0.29) is 18.4 Å². The number of hydrogen-bond donors (Lipinski definition) is 2. The van der Waals surface area contributed by atoms with Crippen molar-refractivity contribution in [1.29, 1.82) is 0 Å². The van der Waals surface area contributed by atoms with Crippen LogP contribution in [0.1, 0.15) is 5.56 Å². The van der Waals surface area contributed by atoms with Gasteiger partial charge in [-0.15, -0.1) is 0 Å². The first kappa shape index (κ1) is 20.4. The van der Waals surface area contributed by atoms with E-state index in [2.05, 4.69) is 26.6 Å². The summed E-state index contributed by atoms with van der Waals surface area (Å²) >= 11 is 9.59. The van der Waals surface area contributed by atoms with Gasteiger partial charge in [0.1, 0.15) is 15.8 Å². The van der Waals surface area contributed by atoms with Gasteiger partial charge in [0.25, 0.3) is 11.8 Å². The van der Waals surface area contributed by atoms with Crippen molar-refractivity contribution < 1.29 is 19.1 Å². The number of thiocarbonyl (C=S) groups is 1. The second kappa shape index (κ2) is 9.22. The van der Waals surface area contributed by atoms with Gasteiger partial charge in [-0.1, -0.05) is 52.0 Å². The van der Waals surface area contributed by atoms with Crippen molar-refractivity contribution in [3.8, 4) is 11.5 Å². The minimum Gasteiger partial charge on any atom is -0.495 e. The molecule has 0 radical (unpaired) electrons. The number of amides is 2. The van der Waals surface area contributed by atoms with Crippen LogP contribution in [0, 0.1) is 0 Å². The van der Waals surface area contributed by atoms with Gasteiger partial charge in [-0.3, -0.25) is 9.59 Å². The molecule has 0 atom stereocenters.